The lowest BCUT2D eigenvalue weighted by Crippen LogP contribution is -2.10. The molecule has 0 bridgehead atoms. The Kier molecular flexibility index (Phi) is 4.01. The van der Waals surface area contributed by atoms with Crippen LogP contribution in [0.15, 0.2) is 12.1 Å². The van der Waals surface area contributed by atoms with E-state index in [1.165, 1.54) is 12.1 Å². The maximum atomic E-state index is 13.5. The predicted molar refractivity (Wildman–Crippen MR) is 56.2 cm³/mol. The van der Waals surface area contributed by atoms with E-state index in [1.807, 2.05) is 6.07 Å². The van der Waals surface area contributed by atoms with Crippen molar-refractivity contribution in [2.45, 2.75) is 20.3 Å². The smallest absolute Gasteiger partial charge is 0.310 e. The van der Waals surface area contributed by atoms with Gasteiger partial charge in [-0.25, -0.2) is 4.39 Å². The molecule has 3 nitrogen and oxygen atoms in total. The summed E-state index contributed by atoms with van der Waals surface area (Å²) in [7, 11) is 0. The second-order valence-corrected chi connectivity index (χ2v) is 3.29. The molecule has 16 heavy (non-hydrogen) atoms. The highest BCUT2D eigenvalue weighted by molar-refractivity contribution is 5.73. The van der Waals surface area contributed by atoms with Crippen molar-refractivity contribution in [3.05, 3.63) is 34.6 Å². The molecule has 0 atom stereocenters. The summed E-state index contributed by atoms with van der Waals surface area (Å²) in [5.74, 6) is -0.968. The normalized spacial score (nSPS) is 9.62. The summed E-state index contributed by atoms with van der Waals surface area (Å²) < 4.78 is 18.2. The molecule has 1 rings (SSSR count). The van der Waals surface area contributed by atoms with E-state index >= 15 is 0 Å². The lowest BCUT2D eigenvalue weighted by atomic mass is 10.00. The highest BCUT2D eigenvalue weighted by atomic mass is 19.1. The third-order valence-corrected chi connectivity index (χ3v) is 2.29. The summed E-state index contributed by atoms with van der Waals surface area (Å²) in [5, 5.41) is 8.78. The molecule has 0 spiro atoms. The number of nitriles is 1. The van der Waals surface area contributed by atoms with Gasteiger partial charge in [-0.15, -0.1) is 0 Å². The molecule has 4 heteroatoms. The van der Waals surface area contributed by atoms with Crippen LogP contribution in [0.3, 0.4) is 0 Å². The average molecular weight is 221 g/mol. The fourth-order valence-electron chi connectivity index (χ4n) is 1.42. The quantitative estimate of drug-likeness (QED) is 0.734. The van der Waals surface area contributed by atoms with Gasteiger partial charge in [0.25, 0.3) is 0 Å². The Labute approximate surface area is 93.5 Å². The number of halogens is 1. The zero-order valence-corrected chi connectivity index (χ0v) is 9.21. The molecule has 0 unspecified atom stereocenters. The molecular weight excluding hydrogens is 209 g/mol. The minimum Gasteiger partial charge on any atom is -0.466 e. The van der Waals surface area contributed by atoms with Crippen molar-refractivity contribution in [1.82, 2.24) is 0 Å². The van der Waals surface area contributed by atoms with Gasteiger partial charge < -0.3 is 4.74 Å². The van der Waals surface area contributed by atoms with Gasteiger partial charge in [0, 0.05) is 5.56 Å². The molecule has 0 amide bonds. The molecule has 0 aromatic heterocycles. The molecule has 0 fully saturated rings. The van der Waals surface area contributed by atoms with Crippen molar-refractivity contribution in [3.8, 4) is 6.07 Å². The number of benzene rings is 1. The number of carbonyl (C=O) groups is 1. The maximum Gasteiger partial charge on any atom is 0.310 e. The molecule has 0 aliphatic carbocycles. The van der Waals surface area contributed by atoms with E-state index in [4.69, 9.17) is 10.00 Å². The minimum atomic E-state index is -0.486. The lowest BCUT2D eigenvalue weighted by molar-refractivity contribution is -0.142. The van der Waals surface area contributed by atoms with Gasteiger partial charge in [0.15, 0.2) is 0 Å². The van der Waals surface area contributed by atoms with Crippen LogP contribution in [0.5, 0.6) is 0 Å². The van der Waals surface area contributed by atoms with Gasteiger partial charge in [-0.1, -0.05) is 0 Å². The monoisotopic (exact) mass is 221 g/mol. The minimum absolute atomic E-state index is 0.138. The van der Waals surface area contributed by atoms with E-state index in [-0.39, 0.29) is 18.6 Å². The van der Waals surface area contributed by atoms with Crippen LogP contribution >= 0.6 is 0 Å². The van der Waals surface area contributed by atoms with Gasteiger partial charge >= 0.3 is 5.97 Å². The highest BCUT2D eigenvalue weighted by Gasteiger charge is 2.14. The summed E-state index contributed by atoms with van der Waals surface area (Å²) in [6, 6.07) is 4.55. The molecule has 0 aliphatic heterocycles. The Morgan fingerprint density at radius 2 is 2.25 bits per heavy atom. The highest BCUT2D eigenvalue weighted by Crippen LogP contribution is 2.18. The average Bonchev–Trinajstić information content (AvgIpc) is 2.25. The lowest BCUT2D eigenvalue weighted by Gasteiger charge is -2.08. The molecule has 84 valence electrons. The Morgan fingerprint density at radius 3 is 2.81 bits per heavy atom. The molecule has 0 aliphatic rings. The maximum absolute atomic E-state index is 13.5. The van der Waals surface area contributed by atoms with Gasteiger partial charge in [0.2, 0.25) is 0 Å². The largest absolute Gasteiger partial charge is 0.466 e. The third kappa shape index (κ3) is 2.57. The molecule has 0 saturated heterocycles. The molecule has 0 saturated carbocycles. The fourth-order valence-corrected chi connectivity index (χ4v) is 1.42. The van der Waals surface area contributed by atoms with Crippen molar-refractivity contribution < 1.29 is 13.9 Å². The van der Waals surface area contributed by atoms with Crippen LogP contribution in [0.2, 0.25) is 0 Å². The molecule has 0 heterocycles. The van der Waals surface area contributed by atoms with E-state index in [0.29, 0.717) is 11.1 Å². The standard InChI is InChI=1S/C12H12FNO2/c1-3-16-12(15)6-10-8(2)9(7-14)4-5-11(10)13/h4-5H,3,6H2,1-2H3. The first-order chi connectivity index (χ1) is 7.60. The molecule has 0 N–H and O–H groups in total. The summed E-state index contributed by atoms with van der Waals surface area (Å²) in [6.45, 7) is 3.57. The number of carbonyl (C=O) groups excluding carboxylic acids is 1. The van der Waals surface area contributed by atoms with E-state index in [1.54, 1.807) is 13.8 Å². The van der Waals surface area contributed by atoms with Crippen LogP contribution in [0.4, 0.5) is 4.39 Å². The number of hydrogen-bond acceptors (Lipinski definition) is 3. The number of esters is 1. The van der Waals surface area contributed by atoms with Gasteiger partial charge in [-0.05, 0) is 31.5 Å². The van der Waals surface area contributed by atoms with Gasteiger partial charge in [0.1, 0.15) is 5.82 Å². The van der Waals surface area contributed by atoms with Gasteiger partial charge in [-0.2, -0.15) is 5.26 Å². The van der Waals surface area contributed by atoms with E-state index < -0.39 is 11.8 Å². The van der Waals surface area contributed by atoms with Crippen molar-refractivity contribution in [2.75, 3.05) is 6.61 Å². The Morgan fingerprint density at radius 1 is 1.56 bits per heavy atom. The number of ether oxygens (including phenoxy) is 1. The van der Waals surface area contributed by atoms with E-state index in [2.05, 4.69) is 0 Å². The topological polar surface area (TPSA) is 50.1 Å². The molecule has 0 radical (unpaired) electrons. The molecule has 1 aromatic carbocycles. The van der Waals surface area contributed by atoms with Crippen molar-refractivity contribution in [2.24, 2.45) is 0 Å². The van der Waals surface area contributed by atoms with Crippen LogP contribution in [0, 0.1) is 24.1 Å². The van der Waals surface area contributed by atoms with Crippen molar-refractivity contribution >= 4 is 5.97 Å². The van der Waals surface area contributed by atoms with Gasteiger partial charge in [0.05, 0.1) is 24.7 Å². The number of rotatable bonds is 3. The van der Waals surface area contributed by atoms with Crippen molar-refractivity contribution in [1.29, 1.82) is 5.26 Å². The second-order valence-electron chi connectivity index (χ2n) is 3.29. The van der Waals surface area contributed by atoms with E-state index in [9.17, 15) is 9.18 Å². The first-order valence-corrected chi connectivity index (χ1v) is 4.93. The Balaban J connectivity index is 3.04. The SMILES string of the molecule is CCOC(=O)Cc1c(F)ccc(C#N)c1C. The zero-order valence-electron chi connectivity index (χ0n) is 9.21. The van der Waals surface area contributed by atoms with Gasteiger partial charge in [-0.3, -0.25) is 4.79 Å². The van der Waals surface area contributed by atoms with Crippen LogP contribution in [0.1, 0.15) is 23.6 Å². The third-order valence-electron chi connectivity index (χ3n) is 2.29. The summed E-state index contributed by atoms with van der Waals surface area (Å²) in [5.41, 5.74) is 1.11. The summed E-state index contributed by atoms with van der Waals surface area (Å²) in [4.78, 5) is 11.2. The summed E-state index contributed by atoms with van der Waals surface area (Å²) >= 11 is 0. The second kappa shape index (κ2) is 5.26. The molecular formula is C12H12FNO2. The van der Waals surface area contributed by atoms with Crippen molar-refractivity contribution in [3.63, 3.8) is 0 Å². The Hall–Kier alpha value is -1.89. The predicted octanol–water partition coefficient (Wildman–Crippen LogP) is 2.11. The van der Waals surface area contributed by atoms with Crippen LogP contribution in [0.25, 0.3) is 0 Å². The fraction of sp³-hybridized carbons (Fsp3) is 0.333. The summed E-state index contributed by atoms with van der Waals surface area (Å²) in [6.07, 6.45) is -0.138. The first kappa shape index (κ1) is 12.2. The van der Waals surface area contributed by atoms with Crippen LogP contribution in [-0.4, -0.2) is 12.6 Å². The first-order valence-electron chi connectivity index (χ1n) is 4.93. The molecule has 1 aromatic rings. The number of nitrogens with zero attached hydrogens (tertiary/aromatic N) is 1. The van der Waals surface area contributed by atoms with Crippen LogP contribution in [-0.2, 0) is 16.0 Å². The van der Waals surface area contributed by atoms with Crippen LogP contribution < -0.4 is 0 Å². The Bertz CT molecular complexity index is 449. The zero-order chi connectivity index (χ0) is 12.1. The number of hydrogen-bond donors (Lipinski definition) is 0. The van der Waals surface area contributed by atoms with E-state index in [0.717, 1.165) is 0 Å².